The van der Waals surface area contributed by atoms with E-state index >= 15 is 0 Å². The molecule has 3 rings (SSSR count). The minimum atomic E-state index is -0.169. The van der Waals surface area contributed by atoms with Gasteiger partial charge in [-0.1, -0.05) is 6.07 Å². The fourth-order valence-corrected chi connectivity index (χ4v) is 2.94. The molecular formula is C17H22N4O3. The number of urea groups is 1. The van der Waals surface area contributed by atoms with E-state index in [1.807, 2.05) is 24.4 Å². The van der Waals surface area contributed by atoms with Crippen LogP contribution in [0.4, 0.5) is 4.79 Å². The predicted octanol–water partition coefficient (Wildman–Crippen LogP) is 1.78. The van der Waals surface area contributed by atoms with Crippen LogP contribution in [-0.2, 0) is 19.4 Å². The van der Waals surface area contributed by atoms with E-state index in [0.717, 1.165) is 30.5 Å². The summed E-state index contributed by atoms with van der Waals surface area (Å²) in [6.07, 6.45) is 4.52. The van der Waals surface area contributed by atoms with Gasteiger partial charge >= 0.3 is 6.03 Å². The number of nitrogens with one attached hydrogen (secondary N) is 3. The van der Waals surface area contributed by atoms with Crippen molar-refractivity contribution in [2.24, 2.45) is 0 Å². The number of methoxy groups -OCH3 is 2. The molecule has 2 amide bonds. The number of nitrogens with zero attached hydrogens (tertiary/aromatic N) is 1. The Labute approximate surface area is 140 Å². The second-order valence-electron chi connectivity index (χ2n) is 5.83. The van der Waals surface area contributed by atoms with Crippen molar-refractivity contribution in [3.8, 4) is 11.5 Å². The number of carbonyl (C=O) groups excluding carboxylic acids is 1. The number of amides is 2. The van der Waals surface area contributed by atoms with E-state index in [2.05, 4.69) is 20.8 Å². The summed E-state index contributed by atoms with van der Waals surface area (Å²) in [5, 5.41) is 12.9. The highest BCUT2D eigenvalue weighted by Gasteiger charge is 2.21. The number of carbonyl (C=O) groups is 1. The summed E-state index contributed by atoms with van der Waals surface area (Å²) in [7, 11) is 3.19. The van der Waals surface area contributed by atoms with Gasteiger partial charge < -0.3 is 20.1 Å². The third kappa shape index (κ3) is 3.61. The first-order chi connectivity index (χ1) is 11.7. The summed E-state index contributed by atoms with van der Waals surface area (Å²) in [6, 6.07) is 5.55. The molecule has 7 heteroatoms. The molecule has 1 atom stereocenters. The highest BCUT2D eigenvalue weighted by atomic mass is 16.5. The van der Waals surface area contributed by atoms with Crippen LogP contribution < -0.4 is 20.1 Å². The molecule has 1 aliphatic rings. The van der Waals surface area contributed by atoms with Gasteiger partial charge in [0.25, 0.3) is 0 Å². The number of aromatic nitrogens is 2. The van der Waals surface area contributed by atoms with Gasteiger partial charge in [0.2, 0.25) is 0 Å². The van der Waals surface area contributed by atoms with Gasteiger partial charge in [-0.05, 0) is 36.1 Å². The minimum Gasteiger partial charge on any atom is -0.493 e. The highest BCUT2D eigenvalue weighted by Crippen LogP contribution is 2.27. The second kappa shape index (κ2) is 7.25. The molecule has 0 radical (unpaired) electrons. The number of rotatable bonds is 5. The molecule has 0 saturated carbocycles. The van der Waals surface area contributed by atoms with Crippen molar-refractivity contribution in [2.45, 2.75) is 31.8 Å². The van der Waals surface area contributed by atoms with Crippen LogP contribution in [-0.4, -0.2) is 36.5 Å². The Hall–Kier alpha value is -2.70. The first-order valence-electron chi connectivity index (χ1n) is 7.96. The maximum atomic E-state index is 12.1. The average Bonchev–Trinajstić information content (AvgIpc) is 3.07. The zero-order valence-electron chi connectivity index (χ0n) is 13.9. The summed E-state index contributed by atoms with van der Waals surface area (Å²) in [5.41, 5.74) is 3.31. The van der Waals surface area contributed by atoms with Crippen molar-refractivity contribution in [3.05, 3.63) is 41.2 Å². The number of H-pyrrole nitrogens is 1. The molecule has 3 N–H and O–H groups in total. The van der Waals surface area contributed by atoms with Crippen LogP contribution in [0.3, 0.4) is 0 Å². The number of fused-ring (bicyclic) bond motifs is 1. The monoisotopic (exact) mass is 330 g/mol. The van der Waals surface area contributed by atoms with Gasteiger partial charge in [-0.2, -0.15) is 5.10 Å². The molecule has 0 fully saturated rings. The molecule has 0 saturated heterocycles. The van der Waals surface area contributed by atoms with Gasteiger partial charge in [-0.25, -0.2) is 4.79 Å². The Balaban J connectivity index is 1.51. The Morgan fingerprint density at radius 3 is 2.96 bits per heavy atom. The highest BCUT2D eigenvalue weighted by molar-refractivity contribution is 5.74. The number of aryl methyl sites for hydroxylation is 1. The normalized spacial score (nSPS) is 16.2. The van der Waals surface area contributed by atoms with Crippen LogP contribution in [0.5, 0.6) is 11.5 Å². The van der Waals surface area contributed by atoms with Crippen LogP contribution in [0.1, 0.15) is 23.2 Å². The van der Waals surface area contributed by atoms with Crippen LogP contribution in [0.15, 0.2) is 24.4 Å². The molecule has 2 aromatic rings. The molecule has 0 spiro atoms. The molecule has 0 bridgehead atoms. The summed E-state index contributed by atoms with van der Waals surface area (Å²) in [4.78, 5) is 12.1. The van der Waals surface area contributed by atoms with E-state index in [9.17, 15) is 4.79 Å². The van der Waals surface area contributed by atoms with Crippen molar-refractivity contribution in [2.75, 3.05) is 14.2 Å². The fourth-order valence-electron chi connectivity index (χ4n) is 2.94. The van der Waals surface area contributed by atoms with E-state index < -0.39 is 0 Å². The van der Waals surface area contributed by atoms with Crippen LogP contribution in [0.25, 0.3) is 0 Å². The largest absolute Gasteiger partial charge is 0.493 e. The first kappa shape index (κ1) is 16.2. The zero-order valence-corrected chi connectivity index (χ0v) is 13.9. The maximum absolute atomic E-state index is 12.1. The predicted molar refractivity (Wildman–Crippen MR) is 89.3 cm³/mol. The summed E-state index contributed by atoms with van der Waals surface area (Å²) >= 11 is 0. The van der Waals surface area contributed by atoms with Crippen molar-refractivity contribution >= 4 is 6.03 Å². The Bertz CT molecular complexity index is 714. The van der Waals surface area contributed by atoms with Gasteiger partial charge in [0.1, 0.15) is 0 Å². The number of ether oxygens (including phenoxy) is 2. The molecule has 1 unspecified atom stereocenters. The molecular weight excluding hydrogens is 308 g/mol. The smallest absolute Gasteiger partial charge is 0.315 e. The standard InChI is InChI=1S/C17H22N4O3/c1-23-15-6-3-11(7-16(15)24-2)9-18-17(22)20-13-5-4-12-10-19-21-14(12)8-13/h3,6-7,10,13H,4-5,8-9H2,1-2H3,(H,19,21)(H2,18,20,22). The molecule has 0 aliphatic heterocycles. The lowest BCUT2D eigenvalue weighted by Gasteiger charge is -2.23. The first-order valence-corrected chi connectivity index (χ1v) is 7.96. The fraction of sp³-hybridized carbons (Fsp3) is 0.412. The van der Waals surface area contributed by atoms with Crippen molar-refractivity contribution in [1.82, 2.24) is 20.8 Å². The van der Waals surface area contributed by atoms with Gasteiger partial charge in [0, 0.05) is 24.7 Å². The van der Waals surface area contributed by atoms with Crippen LogP contribution in [0.2, 0.25) is 0 Å². The lowest BCUT2D eigenvalue weighted by atomic mass is 9.94. The lowest BCUT2D eigenvalue weighted by molar-refractivity contribution is 0.235. The maximum Gasteiger partial charge on any atom is 0.315 e. The van der Waals surface area contributed by atoms with E-state index in [1.165, 1.54) is 5.56 Å². The number of hydrogen-bond acceptors (Lipinski definition) is 4. The van der Waals surface area contributed by atoms with Crippen LogP contribution >= 0.6 is 0 Å². The third-order valence-electron chi connectivity index (χ3n) is 4.26. The van der Waals surface area contributed by atoms with E-state index in [4.69, 9.17) is 9.47 Å². The van der Waals surface area contributed by atoms with Crippen molar-refractivity contribution < 1.29 is 14.3 Å². The van der Waals surface area contributed by atoms with Crippen LogP contribution in [0, 0.1) is 0 Å². The lowest BCUT2D eigenvalue weighted by Crippen LogP contribution is -2.44. The van der Waals surface area contributed by atoms with Gasteiger partial charge in [0.05, 0.1) is 20.4 Å². The molecule has 128 valence electrons. The van der Waals surface area contributed by atoms with E-state index in [-0.39, 0.29) is 12.1 Å². The number of hydrogen-bond donors (Lipinski definition) is 3. The van der Waals surface area contributed by atoms with E-state index in [1.54, 1.807) is 14.2 Å². The number of benzene rings is 1. The van der Waals surface area contributed by atoms with Gasteiger partial charge in [-0.15, -0.1) is 0 Å². The molecule has 1 heterocycles. The minimum absolute atomic E-state index is 0.128. The molecule has 24 heavy (non-hydrogen) atoms. The number of aromatic amines is 1. The summed E-state index contributed by atoms with van der Waals surface area (Å²) < 4.78 is 10.5. The molecule has 1 aliphatic carbocycles. The van der Waals surface area contributed by atoms with E-state index in [0.29, 0.717) is 18.0 Å². The van der Waals surface area contributed by atoms with Gasteiger partial charge in [0.15, 0.2) is 11.5 Å². The molecule has 1 aromatic carbocycles. The third-order valence-corrected chi connectivity index (χ3v) is 4.26. The quantitative estimate of drug-likeness (QED) is 0.780. The molecule has 7 nitrogen and oxygen atoms in total. The second-order valence-corrected chi connectivity index (χ2v) is 5.83. The van der Waals surface area contributed by atoms with Crippen molar-refractivity contribution in [1.29, 1.82) is 0 Å². The Morgan fingerprint density at radius 2 is 2.17 bits per heavy atom. The average molecular weight is 330 g/mol. The SMILES string of the molecule is COc1ccc(CNC(=O)NC2CCc3cn[nH]c3C2)cc1OC. The Morgan fingerprint density at radius 1 is 1.33 bits per heavy atom. The zero-order chi connectivity index (χ0) is 16.9. The van der Waals surface area contributed by atoms with Crippen molar-refractivity contribution in [3.63, 3.8) is 0 Å². The summed E-state index contributed by atoms with van der Waals surface area (Å²) in [5.74, 6) is 1.32. The summed E-state index contributed by atoms with van der Waals surface area (Å²) in [6.45, 7) is 0.425. The molecule has 1 aromatic heterocycles. The topological polar surface area (TPSA) is 88.3 Å². The van der Waals surface area contributed by atoms with Gasteiger partial charge in [-0.3, -0.25) is 5.10 Å². The Kier molecular flexibility index (Phi) is 4.88.